The van der Waals surface area contributed by atoms with Gasteiger partial charge in [0.2, 0.25) is 0 Å². The van der Waals surface area contributed by atoms with Crippen LogP contribution in [0, 0.1) is 0 Å². The highest BCUT2D eigenvalue weighted by molar-refractivity contribution is 5.66. The van der Waals surface area contributed by atoms with Crippen LogP contribution in [0.15, 0.2) is 30.3 Å². The second-order valence-corrected chi connectivity index (χ2v) is 5.05. The fourth-order valence-corrected chi connectivity index (χ4v) is 2.01. The first-order valence-electron chi connectivity index (χ1n) is 6.86. The lowest BCUT2D eigenvalue weighted by Gasteiger charge is -2.24. The molecule has 21 heavy (non-hydrogen) atoms. The van der Waals surface area contributed by atoms with E-state index < -0.39 is 5.97 Å². The summed E-state index contributed by atoms with van der Waals surface area (Å²) in [5.74, 6) is -0.108. The number of aromatic nitrogens is 4. The van der Waals surface area contributed by atoms with E-state index >= 15 is 0 Å². The van der Waals surface area contributed by atoms with Crippen molar-refractivity contribution in [1.29, 1.82) is 0 Å². The standard InChI is InChI=1S/C14H19N5O2/c1-11(2)18(9-8-14(20)21)10-13-15-16-17-19(13)12-6-4-3-5-7-12/h3-7,11H,8-10H2,1-2H3,(H,20,21). The highest BCUT2D eigenvalue weighted by Gasteiger charge is 2.16. The predicted octanol–water partition coefficient (Wildman–Crippen LogP) is 1.35. The molecule has 0 aliphatic heterocycles. The fraction of sp³-hybridized carbons (Fsp3) is 0.429. The Morgan fingerprint density at radius 2 is 2.05 bits per heavy atom. The lowest BCUT2D eigenvalue weighted by Crippen LogP contribution is -2.33. The number of carbonyl (C=O) groups is 1. The number of nitrogens with zero attached hydrogens (tertiary/aromatic N) is 5. The van der Waals surface area contributed by atoms with Crippen molar-refractivity contribution < 1.29 is 9.90 Å². The van der Waals surface area contributed by atoms with Crippen LogP contribution in [0.4, 0.5) is 0 Å². The normalized spacial score (nSPS) is 11.2. The molecule has 1 aromatic heterocycles. The number of carboxylic acid groups (broad SMARTS) is 1. The lowest BCUT2D eigenvalue weighted by molar-refractivity contribution is -0.137. The molecule has 0 bridgehead atoms. The number of hydrogen-bond acceptors (Lipinski definition) is 5. The molecule has 2 aromatic rings. The van der Waals surface area contributed by atoms with Crippen LogP contribution < -0.4 is 0 Å². The summed E-state index contributed by atoms with van der Waals surface area (Å²) in [4.78, 5) is 12.8. The van der Waals surface area contributed by atoms with Gasteiger partial charge in [-0.2, -0.15) is 4.68 Å². The largest absolute Gasteiger partial charge is 0.481 e. The van der Waals surface area contributed by atoms with Crippen molar-refractivity contribution in [3.8, 4) is 5.69 Å². The number of aliphatic carboxylic acids is 1. The van der Waals surface area contributed by atoms with Crippen LogP contribution in [0.25, 0.3) is 5.69 Å². The Balaban J connectivity index is 2.15. The van der Waals surface area contributed by atoms with Gasteiger partial charge in [-0.3, -0.25) is 9.69 Å². The van der Waals surface area contributed by atoms with Gasteiger partial charge in [-0.15, -0.1) is 5.10 Å². The zero-order chi connectivity index (χ0) is 15.2. The highest BCUT2D eigenvalue weighted by Crippen LogP contribution is 2.11. The molecule has 7 heteroatoms. The van der Waals surface area contributed by atoms with Crippen molar-refractivity contribution in [1.82, 2.24) is 25.1 Å². The number of benzene rings is 1. The topological polar surface area (TPSA) is 84.1 Å². The summed E-state index contributed by atoms with van der Waals surface area (Å²) in [6.07, 6.45) is 0.102. The number of tetrazole rings is 1. The van der Waals surface area contributed by atoms with Crippen molar-refractivity contribution >= 4 is 5.97 Å². The minimum Gasteiger partial charge on any atom is -0.481 e. The number of rotatable bonds is 7. The van der Waals surface area contributed by atoms with Gasteiger partial charge in [0.25, 0.3) is 0 Å². The van der Waals surface area contributed by atoms with Crippen LogP contribution in [0.1, 0.15) is 26.1 Å². The first-order valence-corrected chi connectivity index (χ1v) is 6.86. The summed E-state index contributed by atoms with van der Waals surface area (Å²) in [7, 11) is 0. The van der Waals surface area contributed by atoms with E-state index in [1.165, 1.54) is 0 Å². The third-order valence-corrected chi connectivity index (χ3v) is 3.22. The molecule has 1 N–H and O–H groups in total. The van der Waals surface area contributed by atoms with Crippen LogP contribution in [-0.4, -0.2) is 48.8 Å². The average molecular weight is 289 g/mol. The van der Waals surface area contributed by atoms with Crippen molar-refractivity contribution in [3.63, 3.8) is 0 Å². The lowest BCUT2D eigenvalue weighted by atomic mass is 10.2. The van der Waals surface area contributed by atoms with Gasteiger partial charge in [-0.05, 0) is 36.4 Å². The monoisotopic (exact) mass is 289 g/mol. The fourth-order valence-electron chi connectivity index (χ4n) is 2.01. The molecule has 2 rings (SSSR count). The van der Waals surface area contributed by atoms with E-state index in [4.69, 9.17) is 5.11 Å². The molecule has 0 amide bonds. The molecular formula is C14H19N5O2. The number of carboxylic acids is 1. The number of hydrogen-bond donors (Lipinski definition) is 1. The minimum absolute atomic E-state index is 0.102. The van der Waals surface area contributed by atoms with Crippen LogP contribution in [0.5, 0.6) is 0 Å². The van der Waals surface area contributed by atoms with Gasteiger partial charge in [-0.1, -0.05) is 18.2 Å². The summed E-state index contributed by atoms with van der Waals surface area (Å²) >= 11 is 0. The summed E-state index contributed by atoms with van der Waals surface area (Å²) in [6.45, 7) is 5.03. The SMILES string of the molecule is CC(C)N(CCC(=O)O)Cc1nnnn1-c1ccccc1. The smallest absolute Gasteiger partial charge is 0.304 e. The zero-order valence-electron chi connectivity index (χ0n) is 12.2. The molecule has 0 atom stereocenters. The third kappa shape index (κ3) is 4.09. The Hall–Kier alpha value is -2.28. The van der Waals surface area contributed by atoms with Gasteiger partial charge in [0.1, 0.15) is 0 Å². The zero-order valence-corrected chi connectivity index (χ0v) is 12.2. The van der Waals surface area contributed by atoms with Crippen LogP contribution >= 0.6 is 0 Å². The number of para-hydroxylation sites is 1. The van der Waals surface area contributed by atoms with E-state index in [-0.39, 0.29) is 12.5 Å². The molecule has 0 unspecified atom stereocenters. The first-order chi connectivity index (χ1) is 10.1. The molecule has 0 aliphatic carbocycles. The van der Waals surface area contributed by atoms with Crippen LogP contribution in [0.2, 0.25) is 0 Å². The summed E-state index contributed by atoms with van der Waals surface area (Å²) in [5.41, 5.74) is 0.888. The second-order valence-electron chi connectivity index (χ2n) is 5.05. The Bertz CT molecular complexity index is 582. The van der Waals surface area contributed by atoms with Crippen LogP contribution in [-0.2, 0) is 11.3 Å². The third-order valence-electron chi connectivity index (χ3n) is 3.22. The Kier molecular flexibility index (Phi) is 4.99. The quantitative estimate of drug-likeness (QED) is 0.828. The van der Waals surface area contributed by atoms with E-state index in [1.54, 1.807) is 4.68 Å². The van der Waals surface area contributed by atoms with Gasteiger partial charge in [0.15, 0.2) is 5.82 Å². The maximum atomic E-state index is 10.7. The molecule has 7 nitrogen and oxygen atoms in total. The molecule has 0 fully saturated rings. The molecular weight excluding hydrogens is 270 g/mol. The van der Waals surface area contributed by atoms with Gasteiger partial charge in [-0.25, -0.2) is 0 Å². The van der Waals surface area contributed by atoms with Crippen molar-refractivity contribution in [2.45, 2.75) is 32.9 Å². The Morgan fingerprint density at radius 1 is 1.33 bits per heavy atom. The van der Waals surface area contributed by atoms with Gasteiger partial charge < -0.3 is 5.11 Å². The predicted molar refractivity (Wildman–Crippen MR) is 77.0 cm³/mol. The van der Waals surface area contributed by atoms with E-state index in [1.807, 2.05) is 49.1 Å². The van der Waals surface area contributed by atoms with E-state index in [0.29, 0.717) is 18.9 Å². The van der Waals surface area contributed by atoms with E-state index in [2.05, 4.69) is 15.5 Å². The maximum Gasteiger partial charge on any atom is 0.304 e. The molecule has 0 radical (unpaired) electrons. The summed E-state index contributed by atoms with van der Waals surface area (Å²) in [6, 6.07) is 9.84. The molecule has 0 saturated heterocycles. The van der Waals surface area contributed by atoms with Gasteiger partial charge in [0, 0.05) is 12.6 Å². The molecule has 0 aliphatic rings. The molecule has 0 saturated carbocycles. The van der Waals surface area contributed by atoms with E-state index in [0.717, 1.165) is 5.69 Å². The summed E-state index contributed by atoms with van der Waals surface area (Å²) in [5, 5.41) is 20.6. The highest BCUT2D eigenvalue weighted by atomic mass is 16.4. The Labute approximate surface area is 123 Å². The Morgan fingerprint density at radius 3 is 2.67 bits per heavy atom. The van der Waals surface area contributed by atoms with Crippen molar-refractivity contribution in [2.24, 2.45) is 0 Å². The van der Waals surface area contributed by atoms with E-state index in [9.17, 15) is 4.79 Å². The first kappa shape index (κ1) is 15.1. The maximum absolute atomic E-state index is 10.7. The van der Waals surface area contributed by atoms with Crippen molar-refractivity contribution in [3.05, 3.63) is 36.2 Å². The van der Waals surface area contributed by atoms with Crippen molar-refractivity contribution in [2.75, 3.05) is 6.54 Å². The molecule has 1 heterocycles. The minimum atomic E-state index is -0.802. The summed E-state index contributed by atoms with van der Waals surface area (Å²) < 4.78 is 1.68. The molecule has 0 spiro atoms. The average Bonchev–Trinajstić information content (AvgIpc) is 2.92. The molecule has 1 aromatic carbocycles. The molecule has 112 valence electrons. The van der Waals surface area contributed by atoms with Gasteiger partial charge >= 0.3 is 5.97 Å². The van der Waals surface area contributed by atoms with Crippen LogP contribution in [0.3, 0.4) is 0 Å². The van der Waals surface area contributed by atoms with Gasteiger partial charge in [0.05, 0.1) is 18.7 Å². The second kappa shape index (κ2) is 6.94.